The molecule has 3 atom stereocenters. The third-order valence-corrected chi connectivity index (χ3v) is 19.5. The van der Waals surface area contributed by atoms with Crippen LogP contribution in [0.4, 0.5) is 10.9 Å². The minimum absolute atomic E-state index is 0.00332. The van der Waals surface area contributed by atoms with Crippen molar-refractivity contribution in [1.29, 1.82) is 0 Å². The molecule has 7 heterocycles. The van der Waals surface area contributed by atoms with Gasteiger partial charge in [-0.05, 0) is 82.6 Å². The number of carboxylic acids is 1. The van der Waals surface area contributed by atoms with E-state index in [9.17, 15) is 43.8 Å². The number of fused-ring (bicyclic) bond motifs is 15. The van der Waals surface area contributed by atoms with E-state index in [4.69, 9.17) is 35.5 Å². The molecule has 29 heteroatoms. The van der Waals surface area contributed by atoms with E-state index in [0.717, 1.165) is 27.7 Å². The van der Waals surface area contributed by atoms with Crippen LogP contribution in [0.15, 0.2) is 80.2 Å². The molecule has 3 saturated carbocycles. The Morgan fingerprint density at radius 1 is 0.798 bits per heavy atom. The number of carbonyl (C=O) groups is 7. The number of pyridine rings is 1. The molecular weight excluding hydrogens is 1180 g/mol. The van der Waals surface area contributed by atoms with E-state index in [1.807, 2.05) is 0 Å². The number of hydrogen-bond donors (Lipinski definition) is 8. The van der Waals surface area contributed by atoms with E-state index in [-0.39, 0.29) is 46.9 Å². The van der Waals surface area contributed by atoms with Gasteiger partial charge in [0.25, 0.3) is 17.7 Å². The van der Waals surface area contributed by atoms with Gasteiger partial charge in [0, 0.05) is 52.4 Å². The Hall–Kier alpha value is -7.90. The number of hydrazine groups is 1. The number of aliphatic carboxylic acids is 1. The van der Waals surface area contributed by atoms with Crippen LogP contribution in [0.2, 0.25) is 0 Å². The maximum absolute atomic E-state index is 14.5. The molecule has 7 aromatic rings. The first-order valence-electron chi connectivity index (χ1n) is 26.3. The number of nitrogens with two attached hydrogens (primary N) is 1. The number of aromatic nitrogens is 6. The number of amides is 6. The molecule has 10 bridgehead atoms. The summed E-state index contributed by atoms with van der Waals surface area (Å²) in [5.41, 5.74) is 1.31. The van der Waals surface area contributed by atoms with Crippen molar-refractivity contribution in [2.75, 3.05) is 31.3 Å². The first-order chi connectivity index (χ1) is 40.3. The Morgan fingerprint density at radius 3 is 2.17 bits per heavy atom. The SMILES string of the molecule is CNC(=O)C[C@H]1C(C)=NC(=C(C)C)C(=O)Nc2nc(c(COC)s2)C(=O)NCC(=O)N[C@@H]([C@@H](O)c2ccccc2)c2nc(cs2)-c2nc(cs2)-c2nc(-c3nc(NC(=O)C45CCC(C(=O)O)(CC4)CC5)cs3)ccc2-c2nc(cs2)C(=O)N1N. The standard InChI is InChI=1S/C55H56N14O10S5/c1-26(2)39-45(74)68-53-67-41(35(84-53)21-79-5)44(73)58-20-38(71)66-42(43(72)28-9-7-6-8-10-28)49-62-32(23-82-49)48-61-31(22-81-48)40-29(46-63-33(24-80-46)50(75)69(56)34(27(3)59-39)19-37(70)57-4)11-12-30(60-40)47-64-36(25-83-47)65-51(76)54-13-16-55(17-14-54,18-15-54)52(77)78/h6-12,22-25,34,42-43,72H,13-21,56H2,1-5H3,(H,57,70)(H,58,73)(H,65,76)(H,66,71)(H,77,78)(H,67,68,74)/t34-,42-,43-,54?,55?/m0/s1. The molecule has 24 nitrogen and oxygen atoms in total. The van der Waals surface area contributed by atoms with Gasteiger partial charge in [-0.3, -0.25) is 48.9 Å². The van der Waals surface area contributed by atoms with Crippen molar-refractivity contribution in [2.45, 2.75) is 90.5 Å². The molecule has 0 saturated heterocycles. The minimum Gasteiger partial charge on any atom is -0.481 e. The molecule has 3 aliphatic carbocycles. The van der Waals surface area contributed by atoms with Gasteiger partial charge in [0.05, 0.1) is 41.6 Å². The summed E-state index contributed by atoms with van der Waals surface area (Å²) < 4.78 is 5.35. The normalized spacial score (nSPS) is 20.8. The number of ether oxygens (including phenoxy) is 1. The number of aliphatic imine (C=N–C) groups is 1. The van der Waals surface area contributed by atoms with Crippen molar-refractivity contribution < 1.29 is 48.5 Å². The van der Waals surface area contributed by atoms with Crippen molar-refractivity contribution >= 4 is 115 Å². The molecule has 11 rings (SSSR count). The average Bonchev–Trinajstić information content (AvgIpc) is 3.74. The van der Waals surface area contributed by atoms with Gasteiger partial charge in [0.15, 0.2) is 5.13 Å². The molecular formula is C55H56N14O10S5. The van der Waals surface area contributed by atoms with Crippen molar-refractivity contribution in [2.24, 2.45) is 21.7 Å². The van der Waals surface area contributed by atoms with Crippen LogP contribution in [-0.4, -0.2) is 119 Å². The third kappa shape index (κ3) is 12.2. The van der Waals surface area contributed by atoms with Crippen LogP contribution in [0.3, 0.4) is 0 Å². The smallest absolute Gasteiger partial charge is 0.309 e. The summed E-state index contributed by atoms with van der Waals surface area (Å²) in [5, 5.41) is 44.7. The Labute approximate surface area is 500 Å². The van der Waals surface area contributed by atoms with Crippen LogP contribution in [0, 0.1) is 10.8 Å². The lowest BCUT2D eigenvalue weighted by Gasteiger charge is -2.50. The number of aliphatic hydroxyl groups excluding tert-OH is 1. The van der Waals surface area contributed by atoms with Gasteiger partial charge in [-0.15, -0.1) is 45.3 Å². The van der Waals surface area contributed by atoms with Gasteiger partial charge in [-0.25, -0.2) is 35.7 Å². The molecule has 0 unspecified atom stereocenters. The van der Waals surface area contributed by atoms with Gasteiger partial charge < -0.3 is 36.2 Å². The fourth-order valence-electron chi connectivity index (χ4n) is 10.2. The van der Waals surface area contributed by atoms with E-state index >= 15 is 0 Å². The van der Waals surface area contributed by atoms with Crippen molar-refractivity contribution in [3.8, 4) is 43.4 Å². The largest absolute Gasteiger partial charge is 0.481 e. The fourth-order valence-corrected chi connectivity index (χ4v) is 14.4. The van der Waals surface area contributed by atoms with Crippen molar-refractivity contribution in [1.82, 2.24) is 50.9 Å². The highest BCUT2D eigenvalue weighted by Crippen LogP contribution is 2.57. The number of carbonyl (C=O) groups excluding carboxylic acids is 6. The summed E-state index contributed by atoms with van der Waals surface area (Å²) in [4.78, 5) is 129. The molecule has 6 amide bonds. The van der Waals surface area contributed by atoms with E-state index in [1.54, 1.807) is 72.5 Å². The lowest BCUT2D eigenvalue weighted by Crippen LogP contribution is -2.51. The third-order valence-electron chi connectivity index (χ3n) is 15.0. The zero-order valence-electron chi connectivity index (χ0n) is 45.8. The van der Waals surface area contributed by atoms with Gasteiger partial charge in [0.1, 0.15) is 72.2 Å². The number of aliphatic hydroxyl groups is 1. The van der Waals surface area contributed by atoms with Crippen LogP contribution >= 0.6 is 56.7 Å². The number of allylic oxidation sites excluding steroid dienone is 1. The van der Waals surface area contributed by atoms with Crippen molar-refractivity contribution in [3.63, 3.8) is 0 Å². The Bertz CT molecular complexity index is 3760. The highest BCUT2D eigenvalue weighted by molar-refractivity contribution is 7.16. The zero-order chi connectivity index (χ0) is 59.6. The molecule has 1 aliphatic heterocycles. The minimum atomic E-state index is -1.29. The molecule has 84 heavy (non-hydrogen) atoms. The van der Waals surface area contributed by atoms with E-state index in [2.05, 4.69) is 36.6 Å². The second-order valence-corrected chi connectivity index (χ2v) is 25.1. The molecule has 1 aromatic carbocycles. The summed E-state index contributed by atoms with van der Waals surface area (Å²) in [5.74, 6) is 2.55. The predicted octanol–water partition coefficient (Wildman–Crippen LogP) is 7.39. The van der Waals surface area contributed by atoms with Gasteiger partial charge in [-0.1, -0.05) is 41.7 Å². The lowest BCUT2D eigenvalue weighted by molar-refractivity contribution is -0.162. The first kappa shape index (κ1) is 59.3. The molecule has 436 valence electrons. The molecule has 3 fully saturated rings. The Balaban J connectivity index is 1.04. The van der Waals surface area contributed by atoms with Gasteiger partial charge in [-0.2, -0.15) is 0 Å². The topological polar surface area (TPSA) is 348 Å². The van der Waals surface area contributed by atoms with E-state index in [0.29, 0.717) is 109 Å². The second kappa shape index (κ2) is 24.7. The molecule has 0 radical (unpaired) electrons. The second-order valence-electron chi connectivity index (χ2n) is 20.6. The molecule has 0 spiro atoms. The average molecular weight is 1230 g/mol. The number of carboxylic acid groups (broad SMARTS) is 1. The van der Waals surface area contributed by atoms with E-state index in [1.165, 1.54) is 60.5 Å². The fraction of sp³-hybridized carbons (Fsp3) is 0.345. The number of rotatable bonds is 10. The Kier molecular flexibility index (Phi) is 17.5. The summed E-state index contributed by atoms with van der Waals surface area (Å²) in [7, 11) is 2.85. The number of anilines is 2. The maximum Gasteiger partial charge on any atom is 0.309 e. The van der Waals surface area contributed by atoms with Gasteiger partial charge >= 0.3 is 5.97 Å². The van der Waals surface area contributed by atoms with Crippen LogP contribution in [0.1, 0.15) is 114 Å². The number of nitrogens with zero attached hydrogens (tertiary/aromatic N) is 8. The molecule has 4 aliphatic rings. The van der Waals surface area contributed by atoms with Gasteiger partial charge in [0.2, 0.25) is 17.7 Å². The van der Waals surface area contributed by atoms with Crippen LogP contribution in [0.5, 0.6) is 0 Å². The number of nitrogens with one attached hydrogen (secondary N) is 5. The number of methoxy groups -OCH3 is 1. The zero-order valence-corrected chi connectivity index (χ0v) is 49.9. The summed E-state index contributed by atoms with van der Waals surface area (Å²) in [6.45, 7) is 4.19. The van der Waals surface area contributed by atoms with Crippen molar-refractivity contribution in [3.05, 3.63) is 102 Å². The maximum atomic E-state index is 14.5. The summed E-state index contributed by atoms with van der Waals surface area (Å²) in [6, 6.07) is 9.91. The monoisotopic (exact) mass is 1230 g/mol. The van der Waals surface area contributed by atoms with Crippen LogP contribution in [0.25, 0.3) is 43.4 Å². The number of thiazole rings is 5. The van der Waals surface area contributed by atoms with Crippen LogP contribution < -0.4 is 32.4 Å². The Morgan fingerprint density at radius 2 is 1.46 bits per heavy atom. The van der Waals surface area contributed by atoms with Crippen LogP contribution in [-0.2, 0) is 35.3 Å². The van der Waals surface area contributed by atoms with E-state index < -0.39 is 71.1 Å². The number of benzene rings is 1. The molecule has 6 aromatic heterocycles. The lowest BCUT2D eigenvalue weighted by atomic mass is 9.53. The highest BCUT2D eigenvalue weighted by Gasteiger charge is 2.55. The number of hydrogen-bond acceptors (Lipinski definition) is 22. The quantitative estimate of drug-likeness (QED) is 0.0376. The summed E-state index contributed by atoms with van der Waals surface area (Å²) >= 11 is 5.77. The molecule has 9 N–H and O–H groups in total. The predicted molar refractivity (Wildman–Crippen MR) is 318 cm³/mol. The highest BCUT2D eigenvalue weighted by atomic mass is 32.1. The first-order valence-corrected chi connectivity index (χ1v) is 30.6. The summed E-state index contributed by atoms with van der Waals surface area (Å²) in [6.07, 6.45) is 1.10.